The van der Waals surface area contributed by atoms with Gasteiger partial charge in [0.25, 0.3) is 5.91 Å². The fraction of sp³-hybridized carbons (Fsp3) is 0.588. The number of hydrogen-bond donors (Lipinski definition) is 2. The third-order valence-corrected chi connectivity index (χ3v) is 3.98. The van der Waals surface area contributed by atoms with Gasteiger partial charge < -0.3 is 15.4 Å². The van der Waals surface area contributed by atoms with Crippen LogP contribution in [0.15, 0.2) is 18.2 Å². The molecule has 1 amide bonds. The molecular formula is C17H27ClN2O2. The van der Waals surface area contributed by atoms with Crippen LogP contribution in [0.2, 0.25) is 0 Å². The van der Waals surface area contributed by atoms with Gasteiger partial charge >= 0.3 is 0 Å². The van der Waals surface area contributed by atoms with Gasteiger partial charge in [-0.2, -0.15) is 0 Å². The molecule has 1 aromatic carbocycles. The molecule has 22 heavy (non-hydrogen) atoms. The number of ether oxygens (including phenoxy) is 1. The SMILES string of the molecule is Cc1ccc(C)c(OCC(=O)NCCC2CCCNC2)c1.Cl. The van der Waals surface area contributed by atoms with Crippen molar-refractivity contribution in [2.75, 3.05) is 26.2 Å². The van der Waals surface area contributed by atoms with E-state index >= 15 is 0 Å². The van der Waals surface area contributed by atoms with Gasteiger partial charge in [0.15, 0.2) is 6.61 Å². The summed E-state index contributed by atoms with van der Waals surface area (Å²) in [4.78, 5) is 11.8. The molecule has 1 heterocycles. The van der Waals surface area contributed by atoms with Crippen LogP contribution in [0.5, 0.6) is 5.75 Å². The molecule has 0 aromatic heterocycles. The molecule has 1 aromatic rings. The fourth-order valence-electron chi connectivity index (χ4n) is 2.64. The second-order valence-corrected chi connectivity index (χ2v) is 5.91. The second-order valence-electron chi connectivity index (χ2n) is 5.91. The van der Waals surface area contributed by atoms with Gasteiger partial charge in [0.1, 0.15) is 5.75 Å². The van der Waals surface area contributed by atoms with Crippen molar-refractivity contribution < 1.29 is 9.53 Å². The minimum atomic E-state index is -0.0420. The predicted molar refractivity (Wildman–Crippen MR) is 91.9 cm³/mol. The zero-order valence-corrected chi connectivity index (χ0v) is 14.3. The smallest absolute Gasteiger partial charge is 0.257 e. The first-order valence-electron chi connectivity index (χ1n) is 7.82. The lowest BCUT2D eigenvalue weighted by molar-refractivity contribution is -0.123. The maximum absolute atomic E-state index is 11.8. The fourth-order valence-corrected chi connectivity index (χ4v) is 2.64. The van der Waals surface area contributed by atoms with E-state index in [-0.39, 0.29) is 24.9 Å². The van der Waals surface area contributed by atoms with E-state index in [1.807, 2.05) is 32.0 Å². The van der Waals surface area contributed by atoms with Crippen molar-refractivity contribution in [3.63, 3.8) is 0 Å². The minimum Gasteiger partial charge on any atom is -0.483 e. The second kappa shape index (κ2) is 9.70. The number of amides is 1. The summed E-state index contributed by atoms with van der Waals surface area (Å²) in [6, 6.07) is 6.02. The molecule has 2 rings (SSSR count). The number of carbonyl (C=O) groups is 1. The number of hydrogen-bond acceptors (Lipinski definition) is 3. The molecular weight excluding hydrogens is 300 g/mol. The van der Waals surface area contributed by atoms with E-state index in [1.54, 1.807) is 0 Å². The van der Waals surface area contributed by atoms with E-state index in [0.29, 0.717) is 5.92 Å². The highest BCUT2D eigenvalue weighted by Gasteiger charge is 2.13. The van der Waals surface area contributed by atoms with E-state index in [4.69, 9.17) is 4.74 Å². The number of carbonyl (C=O) groups excluding carboxylic acids is 1. The largest absolute Gasteiger partial charge is 0.483 e. The van der Waals surface area contributed by atoms with Crippen LogP contribution in [0.4, 0.5) is 0 Å². The summed E-state index contributed by atoms with van der Waals surface area (Å²) in [5.41, 5.74) is 2.20. The molecule has 0 spiro atoms. The first-order chi connectivity index (χ1) is 10.1. The third kappa shape index (κ3) is 6.24. The summed E-state index contributed by atoms with van der Waals surface area (Å²) in [6.07, 6.45) is 3.55. The van der Waals surface area contributed by atoms with Crippen molar-refractivity contribution >= 4 is 18.3 Å². The van der Waals surface area contributed by atoms with Gasteiger partial charge in [0.05, 0.1) is 0 Å². The van der Waals surface area contributed by atoms with E-state index in [0.717, 1.165) is 42.9 Å². The Morgan fingerprint density at radius 1 is 1.41 bits per heavy atom. The molecule has 1 fully saturated rings. The first kappa shape index (κ1) is 18.8. The molecule has 2 N–H and O–H groups in total. The van der Waals surface area contributed by atoms with Crippen LogP contribution < -0.4 is 15.4 Å². The van der Waals surface area contributed by atoms with Gasteiger partial charge in [-0.3, -0.25) is 4.79 Å². The third-order valence-electron chi connectivity index (χ3n) is 3.98. The number of nitrogens with one attached hydrogen (secondary N) is 2. The molecule has 0 aliphatic carbocycles. The summed E-state index contributed by atoms with van der Waals surface area (Å²) >= 11 is 0. The lowest BCUT2D eigenvalue weighted by Gasteiger charge is -2.22. The van der Waals surface area contributed by atoms with E-state index < -0.39 is 0 Å². The molecule has 1 atom stereocenters. The van der Waals surface area contributed by atoms with Crippen molar-refractivity contribution in [1.82, 2.24) is 10.6 Å². The number of benzene rings is 1. The summed E-state index contributed by atoms with van der Waals surface area (Å²) in [5, 5.41) is 6.34. The molecule has 1 aliphatic rings. The summed E-state index contributed by atoms with van der Waals surface area (Å²) in [7, 11) is 0. The zero-order valence-electron chi connectivity index (χ0n) is 13.5. The highest BCUT2D eigenvalue weighted by molar-refractivity contribution is 5.85. The Hall–Kier alpha value is -1.26. The average molecular weight is 327 g/mol. The van der Waals surface area contributed by atoms with Crippen molar-refractivity contribution in [2.24, 2.45) is 5.92 Å². The van der Waals surface area contributed by atoms with Gasteiger partial charge in [-0.15, -0.1) is 12.4 Å². The van der Waals surface area contributed by atoms with E-state index in [9.17, 15) is 4.79 Å². The molecule has 1 aliphatic heterocycles. The van der Waals surface area contributed by atoms with Crippen LogP contribution in [0.1, 0.15) is 30.4 Å². The average Bonchev–Trinajstić information content (AvgIpc) is 2.49. The zero-order chi connectivity index (χ0) is 15.1. The highest BCUT2D eigenvalue weighted by atomic mass is 35.5. The van der Waals surface area contributed by atoms with E-state index in [1.165, 1.54) is 12.8 Å². The standard InChI is InChI=1S/C17H26N2O2.ClH/c1-13-5-6-14(2)16(10-13)21-12-17(20)19-9-7-15-4-3-8-18-11-15;/h5-6,10,15,18H,3-4,7-9,11-12H2,1-2H3,(H,19,20);1H. The first-order valence-corrected chi connectivity index (χ1v) is 7.82. The number of aryl methyl sites for hydroxylation is 2. The van der Waals surface area contributed by atoms with Gasteiger partial charge in [-0.1, -0.05) is 12.1 Å². The van der Waals surface area contributed by atoms with Gasteiger partial charge in [0.2, 0.25) is 0 Å². The van der Waals surface area contributed by atoms with Crippen LogP contribution >= 0.6 is 12.4 Å². The molecule has 124 valence electrons. The van der Waals surface area contributed by atoms with Crippen LogP contribution in [0.25, 0.3) is 0 Å². The quantitative estimate of drug-likeness (QED) is 0.845. The molecule has 0 saturated carbocycles. The Kier molecular flexibility index (Phi) is 8.28. The Morgan fingerprint density at radius 3 is 2.95 bits per heavy atom. The van der Waals surface area contributed by atoms with Crippen LogP contribution in [-0.2, 0) is 4.79 Å². The van der Waals surface area contributed by atoms with E-state index in [2.05, 4.69) is 10.6 Å². The maximum atomic E-state index is 11.8. The molecule has 1 unspecified atom stereocenters. The molecule has 1 saturated heterocycles. The Bertz CT molecular complexity index is 474. The van der Waals surface area contributed by atoms with Gasteiger partial charge in [-0.25, -0.2) is 0 Å². The minimum absolute atomic E-state index is 0. The van der Waals surface area contributed by atoms with Crippen LogP contribution in [0, 0.1) is 19.8 Å². The molecule has 4 nitrogen and oxygen atoms in total. The monoisotopic (exact) mass is 326 g/mol. The maximum Gasteiger partial charge on any atom is 0.257 e. The number of rotatable bonds is 6. The number of piperidine rings is 1. The summed E-state index contributed by atoms with van der Waals surface area (Å²) in [6.45, 7) is 7.04. The molecule has 0 radical (unpaired) electrons. The Morgan fingerprint density at radius 2 is 2.23 bits per heavy atom. The Labute approximate surface area is 139 Å². The van der Waals surface area contributed by atoms with Crippen LogP contribution in [0.3, 0.4) is 0 Å². The van der Waals surface area contributed by atoms with Gasteiger partial charge in [0, 0.05) is 6.54 Å². The molecule has 5 heteroatoms. The topological polar surface area (TPSA) is 50.4 Å². The summed E-state index contributed by atoms with van der Waals surface area (Å²) in [5.74, 6) is 1.44. The van der Waals surface area contributed by atoms with Crippen molar-refractivity contribution in [1.29, 1.82) is 0 Å². The summed E-state index contributed by atoms with van der Waals surface area (Å²) < 4.78 is 5.60. The lowest BCUT2D eigenvalue weighted by atomic mass is 9.96. The van der Waals surface area contributed by atoms with Crippen molar-refractivity contribution in [3.8, 4) is 5.75 Å². The van der Waals surface area contributed by atoms with Crippen molar-refractivity contribution in [2.45, 2.75) is 33.1 Å². The van der Waals surface area contributed by atoms with Crippen LogP contribution in [-0.4, -0.2) is 32.1 Å². The Balaban J connectivity index is 0.00000242. The normalized spacial score (nSPS) is 17.5. The predicted octanol–water partition coefficient (Wildman–Crippen LogP) is 2.61. The van der Waals surface area contributed by atoms with Gasteiger partial charge in [-0.05, 0) is 69.3 Å². The number of halogens is 1. The highest BCUT2D eigenvalue weighted by Crippen LogP contribution is 2.18. The lowest BCUT2D eigenvalue weighted by Crippen LogP contribution is -2.34. The van der Waals surface area contributed by atoms with Crippen molar-refractivity contribution in [3.05, 3.63) is 29.3 Å². The molecule has 0 bridgehead atoms.